The minimum absolute atomic E-state index is 0.0722. The van der Waals surface area contributed by atoms with Crippen LogP contribution in [0.5, 0.6) is 28.7 Å². The van der Waals surface area contributed by atoms with Crippen LogP contribution >= 0.6 is 0 Å². The number of fused-ring (bicyclic) bond motifs is 6. The summed E-state index contributed by atoms with van der Waals surface area (Å²) in [6.07, 6.45) is 7.36. The van der Waals surface area contributed by atoms with E-state index in [0.717, 1.165) is 66.0 Å². The summed E-state index contributed by atoms with van der Waals surface area (Å²) in [6.45, 7) is 9.74. The first-order chi connectivity index (χ1) is 49.1. The Morgan fingerprint density at radius 3 is 2.10 bits per heavy atom. The van der Waals surface area contributed by atoms with Gasteiger partial charge in [0, 0.05) is 43.2 Å². The van der Waals surface area contributed by atoms with Crippen LogP contribution in [0.4, 0.5) is 26.7 Å². The first-order valence-corrected chi connectivity index (χ1v) is 35.3. The van der Waals surface area contributed by atoms with Crippen LogP contribution in [-0.2, 0) is 48.1 Å². The van der Waals surface area contributed by atoms with Gasteiger partial charge in [-0.15, -0.1) is 5.10 Å². The second-order valence-electron chi connectivity index (χ2n) is 28.2. The van der Waals surface area contributed by atoms with Crippen molar-refractivity contribution < 1.29 is 76.6 Å². The summed E-state index contributed by atoms with van der Waals surface area (Å²) in [4.78, 5) is 113. The summed E-state index contributed by atoms with van der Waals surface area (Å²) >= 11 is 0. The molecule has 7 N–H and O–H groups in total. The molecule has 7 aliphatic rings. The maximum Gasteiger partial charge on any atom is 0.416 e. The number of amides is 8. The van der Waals surface area contributed by atoms with E-state index in [1.807, 2.05) is 41.2 Å². The summed E-state index contributed by atoms with van der Waals surface area (Å²) in [5.41, 5.74) is 6.46. The SMILES string of the molecule is COc1ccc(C2=CN3C(=O)c4cc(OC)c(OCCCCCOc5cc6c(cc5OC)C(=O)N5CC7(CC7)C[C@H]5C(O)N6C(=O)OCc5ccc(NC(=O)[C@H](C)NC(=O)[C@@H](NC(=O)CNC(=O)CNC(=O)OCC6[C@H]7CCc8nnn(C(C)C)c8CC[C@@H]67)C(C)C)cc5)cc4NC[C@@H]3C2)cc1. The number of rotatable bonds is 27. The first kappa shape index (κ1) is 71.7. The Labute approximate surface area is 592 Å². The van der Waals surface area contributed by atoms with Crippen molar-refractivity contribution in [1.82, 2.24) is 46.1 Å². The van der Waals surface area contributed by atoms with E-state index in [-0.39, 0.29) is 77.8 Å². The third-order valence-corrected chi connectivity index (χ3v) is 20.7. The second-order valence-corrected chi connectivity index (χ2v) is 28.2. The molecule has 3 aliphatic carbocycles. The maximum absolute atomic E-state index is 14.5. The van der Waals surface area contributed by atoms with Gasteiger partial charge >= 0.3 is 12.2 Å². The van der Waals surface area contributed by atoms with Crippen molar-refractivity contribution in [2.24, 2.45) is 29.1 Å². The van der Waals surface area contributed by atoms with Gasteiger partial charge in [0.15, 0.2) is 29.2 Å². The quantitative estimate of drug-likeness (QED) is 0.0250. The van der Waals surface area contributed by atoms with E-state index >= 15 is 0 Å². The van der Waals surface area contributed by atoms with Crippen LogP contribution in [-0.4, -0.2) is 175 Å². The zero-order valence-corrected chi connectivity index (χ0v) is 59.0. The average molecular weight is 1410 g/mol. The van der Waals surface area contributed by atoms with E-state index in [9.17, 15) is 43.5 Å². The molecule has 1 aromatic heterocycles. The summed E-state index contributed by atoms with van der Waals surface area (Å²) in [5.74, 6) is -0.0745. The number of aryl methyl sites for hydroxylation is 1. The van der Waals surface area contributed by atoms with Gasteiger partial charge in [0.05, 0.1) is 93.7 Å². The molecule has 3 fully saturated rings. The third-order valence-electron chi connectivity index (χ3n) is 20.7. The predicted molar refractivity (Wildman–Crippen MR) is 374 cm³/mol. The van der Waals surface area contributed by atoms with Crippen molar-refractivity contribution in [3.05, 3.63) is 113 Å². The molecule has 0 radical (unpaired) electrons. The number of nitrogens with zero attached hydrogens (tertiary/aromatic N) is 6. The summed E-state index contributed by atoms with van der Waals surface area (Å²) < 4.78 is 42.7. The molecule has 8 atom stereocenters. The number of nitrogens with one attached hydrogen (secondary N) is 6. The van der Waals surface area contributed by atoms with E-state index in [0.29, 0.717) is 97.6 Å². The molecular weight excluding hydrogens is 1310 g/mol. The van der Waals surface area contributed by atoms with Gasteiger partial charge in [-0.3, -0.25) is 28.8 Å². The van der Waals surface area contributed by atoms with Crippen LogP contribution in [0.1, 0.15) is 142 Å². The van der Waals surface area contributed by atoms with Gasteiger partial charge in [-0.05, 0) is 174 Å². The van der Waals surface area contributed by atoms with Gasteiger partial charge in [-0.2, -0.15) is 0 Å². The number of hydrogen-bond donors (Lipinski definition) is 7. The van der Waals surface area contributed by atoms with Gasteiger partial charge in [0.1, 0.15) is 31.0 Å². The van der Waals surface area contributed by atoms with E-state index in [2.05, 4.69) is 56.1 Å². The second kappa shape index (κ2) is 31.0. The molecule has 1 saturated heterocycles. The average Bonchev–Trinajstić information content (AvgIpc) is 1.57. The minimum Gasteiger partial charge on any atom is -0.497 e. The normalized spacial score (nSPS) is 20.9. The number of aliphatic hydroxyl groups excluding tert-OH is 1. The first-order valence-electron chi connectivity index (χ1n) is 35.3. The zero-order valence-electron chi connectivity index (χ0n) is 59.0. The highest BCUT2D eigenvalue weighted by atomic mass is 16.6. The number of carbonyl (C=O) groups excluding carboxylic acids is 8. The molecule has 2 unspecified atom stereocenters. The standard InChI is InChI=1S/C74H92N12O16/c1-41(2)66(80-65(88)36-76-64(87)35-77-72(94)101-39-54-50-20-22-55-57(23-21-51(50)54)86(42(3)4)82-81-55)68(90)78-43(5)67(89)79-47-16-12-44(13-17-47)38-102-73(95)85-58-32-63(61(98-8)30-53(58)70(92)84-40-74(24-25-74)33-59(84)71(85)93)100-27-11-9-10-26-99-62-31-56-52(29-60(62)97-7)69(91)83-37-46(28-48(83)34-75-56)45-14-18-49(96-6)19-15-45/h12-19,29-32,37,41-43,48,50-51,54,59,66,71,75,93H,9-11,20-28,33-36,38-40H2,1-8H3,(H,76,87)(H,77,94)(H,78,90)(H,79,89)(H,80,88)/t43-,48-,50-,51+,54?,59-,66-,71?/m0/s1. The Hall–Kier alpha value is -10.1. The van der Waals surface area contributed by atoms with Crippen LogP contribution in [0, 0.1) is 29.1 Å². The molecule has 102 heavy (non-hydrogen) atoms. The molecule has 5 aromatic rings. The number of alkyl carbamates (subject to hydrolysis) is 1. The smallest absolute Gasteiger partial charge is 0.416 e. The Kier molecular flexibility index (Phi) is 21.8. The molecule has 544 valence electrons. The number of anilines is 3. The molecule has 2 saturated carbocycles. The largest absolute Gasteiger partial charge is 0.497 e. The number of hydrogen-bond acceptors (Lipinski definition) is 19. The Morgan fingerprint density at radius 1 is 0.735 bits per heavy atom. The zero-order chi connectivity index (χ0) is 72.1. The highest BCUT2D eigenvalue weighted by Gasteiger charge is 2.58. The van der Waals surface area contributed by atoms with Gasteiger partial charge in [-0.25, -0.2) is 19.2 Å². The molecule has 12 rings (SSSR count). The van der Waals surface area contributed by atoms with Crippen LogP contribution in [0.25, 0.3) is 5.57 Å². The molecule has 5 heterocycles. The molecule has 1 spiro atoms. The van der Waals surface area contributed by atoms with Crippen LogP contribution in [0.3, 0.4) is 0 Å². The van der Waals surface area contributed by atoms with E-state index in [4.69, 9.17) is 33.2 Å². The molecule has 4 aliphatic heterocycles. The topological polar surface area (TPSA) is 334 Å². The molecule has 8 amide bonds. The number of aliphatic hydroxyl groups is 1. The van der Waals surface area contributed by atoms with Crippen molar-refractivity contribution in [1.29, 1.82) is 0 Å². The summed E-state index contributed by atoms with van der Waals surface area (Å²) in [5, 5.41) is 37.3. The number of ether oxygens (including phenoxy) is 7. The lowest BCUT2D eigenvalue weighted by Crippen LogP contribution is -2.55. The van der Waals surface area contributed by atoms with Gasteiger partial charge in [0.25, 0.3) is 11.8 Å². The number of aromatic nitrogens is 3. The fourth-order valence-corrected chi connectivity index (χ4v) is 14.7. The number of benzene rings is 4. The monoisotopic (exact) mass is 1400 g/mol. The Bertz CT molecular complexity index is 4000. The van der Waals surface area contributed by atoms with Crippen molar-refractivity contribution in [3.63, 3.8) is 0 Å². The van der Waals surface area contributed by atoms with E-state index in [1.54, 1.807) is 68.2 Å². The fraction of sp³-hybridized carbons (Fsp3) is 0.514. The molecular formula is C74H92N12O16. The van der Waals surface area contributed by atoms with Crippen molar-refractivity contribution >= 4 is 70.3 Å². The molecule has 28 heteroatoms. The predicted octanol–water partition coefficient (Wildman–Crippen LogP) is 7.53. The minimum atomic E-state index is -1.47. The lowest BCUT2D eigenvalue weighted by molar-refractivity contribution is -0.132. The van der Waals surface area contributed by atoms with Crippen molar-refractivity contribution in [2.75, 3.05) is 82.9 Å². The third kappa shape index (κ3) is 16.0. The van der Waals surface area contributed by atoms with E-state index in [1.165, 1.54) is 31.9 Å². The summed E-state index contributed by atoms with van der Waals surface area (Å²) in [6, 6.07) is 18.2. The molecule has 4 aromatic carbocycles. The van der Waals surface area contributed by atoms with Crippen molar-refractivity contribution in [3.8, 4) is 28.7 Å². The maximum atomic E-state index is 14.5. The fourth-order valence-electron chi connectivity index (χ4n) is 14.7. The van der Waals surface area contributed by atoms with Crippen LogP contribution in [0.15, 0.2) is 79.0 Å². The molecule has 0 bridgehead atoms. The number of carbonyl (C=O) groups is 8. The lowest BCUT2D eigenvalue weighted by Gasteiger charge is -2.31. The lowest BCUT2D eigenvalue weighted by atomic mass is 10.0. The van der Waals surface area contributed by atoms with Crippen LogP contribution < -0.4 is 60.5 Å². The highest BCUT2D eigenvalue weighted by Crippen LogP contribution is 2.57. The van der Waals surface area contributed by atoms with Crippen LogP contribution in [0.2, 0.25) is 0 Å². The molecule has 28 nitrogen and oxygen atoms in total. The van der Waals surface area contributed by atoms with E-state index < -0.39 is 79.2 Å². The Morgan fingerprint density at radius 2 is 1.42 bits per heavy atom. The summed E-state index contributed by atoms with van der Waals surface area (Å²) in [7, 11) is 4.63. The van der Waals surface area contributed by atoms with Gasteiger partial charge in [-0.1, -0.05) is 43.3 Å². The highest BCUT2D eigenvalue weighted by molar-refractivity contribution is 6.06. The number of methoxy groups -OCH3 is 3. The Balaban J connectivity index is 0.587. The number of unbranched alkanes of at least 4 members (excludes halogenated alkanes) is 2. The van der Waals surface area contributed by atoms with Gasteiger partial charge in [0.2, 0.25) is 23.6 Å². The van der Waals surface area contributed by atoms with Crippen molar-refractivity contribution in [2.45, 2.75) is 148 Å². The van der Waals surface area contributed by atoms with Gasteiger partial charge < -0.3 is 80.0 Å².